The Morgan fingerprint density at radius 3 is 2.58 bits per heavy atom. The number of fused-ring (bicyclic) bond motifs is 1. The molecule has 6 heteroatoms. The van der Waals surface area contributed by atoms with Crippen molar-refractivity contribution in [3.8, 4) is 0 Å². The van der Waals surface area contributed by atoms with Crippen LogP contribution in [0.2, 0.25) is 0 Å². The molecule has 0 fully saturated rings. The smallest absolute Gasteiger partial charge is 0.145 e. The average Bonchev–Trinajstić information content (AvgIpc) is 2.91. The molecule has 3 aromatic heterocycles. The molecule has 26 heavy (non-hydrogen) atoms. The Hall–Kier alpha value is -2.47. The summed E-state index contributed by atoms with van der Waals surface area (Å²) in [4.78, 5) is 15.8. The molecule has 0 aliphatic carbocycles. The molecular formula is C20H28N6. The van der Waals surface area contributed by atoms with E-state index in [2.05, 4.69) is 57.4 Å². The third-order valence-electron chi connectivity index (χ3n) is 5.07. The molecule has 0 bridgehead atoms. The van der Waals surface area contributed by atoms with Crippen molar-refractivity contribution in [2.75, 3.05) is 25.0 Å². The van der Waals surface area contributed by atoms with E-state index in [1.165, 1.54) is 11.3 Å². The van der Waals surface area contributed by atoms with Crippen molar-refractivity contribution in [1.82, 2.24) is 24.4 Å². The maximum Gasteiger partial charge on any atom is 0.145 e. The molecule has 1 N–H and O–H groups in total. The zero-order valence-corrected chi connectivity index (χ0v) is 16.2. The van der Waals surface area contributed by atoms with Crippen LogP contribution in [0.1, 0.15) is 31.5 Å². The molecule has 3 rings (SSSR count). The van der Waals surface area contributed by atoms with Crippen molar-refractivity contribution in [2.45, 2.75) is 40.7 Å². The van der Waals surface area contributed by atoms with E-state index in [1.807, 2.05) is 18.2 Å². The first kappa shape index (κ1) is 18.3. The summed E-state index contributed by atoms with van der Waals surface area (Å²) in [5, 5.41) is 4.42. The van der Waals surface area contributed by atoms with Gasteiger partial charge in [0.1, 0.15) is 23.6 Å². The van der Waals surface area contributed by atoms with E-state index in [9.17, 15) is 0 Å². The zero-order chi connectivity index (χ0) is 18.5. The highest BCUT2D eigenvalue weighted by molar-refractivity contribution is 5.93. The van der Waals surface area contributed by atoms with Gasteiger partial charge in [-0.15, -0.1) is 0 Å². The molecule has 0 atom stereocenters. The lowest BCUT2D eigenvalue weighted by Crippen LogP contribution is -2.25. The molecule has 0 amide bonds. The minimum atomic E-state index is 0.791. The van der Waals surface area contributed by atoms with Crippen molar-refractivity contribution >= 4 is 22.7 Å². The van der Waals surface area contributed by atoms with Gasteiger partial charge < -0.3 is 14.8 Å². The van der Waals surface area contributed by atoms with E-state index in [0.717, 1.165) is 55.3 Å². The minimum Gasteiger partial charge on any atom is -0.329 e. The molecule has 0 aromatic carbocycles. The Kier molecular flexibility index (Phi) is 5.83. The fourth-order valence-corrected chi connectivity index (χ4v) is 3.39. The topological polar surface area (TPSA) is 58.9 Å². The first-order chi connectivity index (χ1) is 12.7. The van der Waals surface area contributed by atoms with Crippen LogP contribution in [-0.4, -0.2) is 44.1 Å². The summed E-state index contributed by atoms with van der Waals surface area (Å²) in [6.45, 7) is 13.0. The molecule has 0 saturated heterocycles. The molecule has 0 radical (unpaired) electrons. The van der Waals surface area contributed by atoms with Gasteiger partial charge in [0.15, 0.2) is 0 Å². The summed E-state index contributed by atoms with van der Waals surface area (Å²) in [5.74, 6) is 1.61. The van der Waals surface area contributed by atoms with Gasteiger partial charge in [0.2, 0.25) is 0 Å². The lowest BCUT2D eigenvalue weighted by molar-refractivity contribution is 0.293. The third kappa shape index (κ3) is 3.70. The number of aryl methyl sites for hydroxylation is 2. The molecule has 3 aromatic rings. The van der Waals surface area contributed by atoms with Gasteiger partial charge in [0.25, 0.3) is 0 Å². The Morgan fingerprint density at radius 2 is 1.88 bits per heavy atom. The number of hydrogen-bond donors (Lipinski definition) is 1. The first-order valence-electron chi connectivity index (χ1n) is 9.36. The summed E-state index contributed by atoms with van der Waals surface area (Å²) in [5.41, 5.74) is 3.47. The zero-order valence-electron chi connectivity index (χ0n) is 16.2. The second-order valence-corrected chi connectivity index (χ2v) is 6.50. The lowest BCUT2D eigenvalue weighted by Gasteiger charge is -2.18. The summed E-state index contributed by atoms with van der Waals surface area (Å²) >= 11 is 0. The standard InChI is InChI=1S/C20H28N6/c1-5-25(6-2)12-9-13-26-16(4)15(3)18-19(22-14-23-20(18)26)24-17-10-7-8-11-21-17/h7-8,10-11,14H,5-6,9,12-13H2,1-4H3,(H,21,22,23,24). The van der Waals surface area contributed by atoms with Crippen LogP contribution >= 0.6 is 0 Å². The molecule has 0 spiro atoms. The van der Waals surface area contributed by atoms with Crippen LogP contribution in [0.4, 0.5) is 11.6 Å². The van der Waals surface area contributed by atoms with Gasteiger partial charge >= 0.3 is 0 Å². The fourth-order valence-electron chi connectivity index (χ4n) is 3.39. The second kappa shape index (κ2) is 8.27. The second-order valence-electron chi connectivity index (χ2n) is 6.50. The maximum absolute atomic E-state index is 4.58. The Balaban J connectivity index is 1.89. The van der Waals surface area contributed by atoms with Crippen LogP contribution in [0.5, 0.6) is 0 Å². The van der Waals surface area contributed by atoms with E-state index in [4.69, 9.17) is 0 Å². The normalized spacial score (nSPS) is 11.4. The summed E-state index contributed by atoms with van der Waals surface area (Å²) < 4.78 is 2.32. The van der Waals surface area contributed by atoms with Crippen LogP contribution in [0.15, 0.2) is 30.7 Å². The molecule has 0 aliphatic rings. The number of nitrogens with zero attached hydrogens (tertiary/aromatic N) is 5. The number of aromatic nitrogens is 4. The Bertz CT molecular complexity index is 852. The molecule has 3 heterocycles. The van der Waals surface area contributed by atoms with Crippen LogP contribution in [-0.2, 0) is 6.54 Å². The van der Waals surface area contributed by atoms with E-state index in [1.54, 1.807) is 12.5 Å². The van der Waals surface area contributed by atoms with E-state index < -0.39 is 0 Å². The average molecular weight is 352 g/mol. The van der Waals surface area contributed by atoms with Gasteiger partial charge in [-0.1, -0.05) is 19.9 Å². The molecule has 6 nitrogen and oxygen atoms in total. The summed E-state index contributed by atoms with van der Waals surface area (Å²) in [6, 6.07) is 5.81. The molecule has 0 saturated carbocycles. The third-order valence-corrected chi connectivity index (χ3v) is 5.07. The van der Waals surface area contributed by atoms with Crippen molar-refractivity contribution in [2.24, 2.45) is 0 Å². The van der Waals surface area contributed by atoms with Crippen molar-refractivity contribution in [1.29, 1.82) is 0 Å². The quantitative estimate of drug-likeness (QED) is 0.666. The maximum atomic E-state index is 4.58. The van der Waals surface area contributed by atoms with Gasteiger partial charge in [-0.2, -0.15) is 0 Å². The predicted molar refractivity (Wildman–Crippen MR) is 107 cm³/mol. The van der Waals surface area contributed by atoms with Gasteiger partial charge in [0.05, 0.1) is 5.39 Å². The highest BCUT2D eigenvalue weighted by atomic mass is 15.1. The van der Waals surface area contributed by atoms with E-state index in [0.29, 0.717) is 0 Å². The number of rotatable bonds is 8. The molecule has 0 unspecified atom stereocenters. The number of pyridine rings is 1. The SMILES string of the molecule is CCN(CC)CCCn1c(C)c(C)c2c(Nc3ccccn3)ncnc21. The van der Waals surface area contributed by atoms with Gasteiger partial charge in [-0.25, -0.2) is 15.0 Å². The van der Waals surface area contributed by atoms with Gasteiger partial charge in [0, 0.05) is 18.4 Å². The highest BCUT2D eigenvalue weighted by Gasteiger charge is 2.16. The molecule has 138 valence electrons. The van der Waals surface area contributed by atoms with E-state index in [-0.39, 0.29) is 0 Å². The van der Waals surface area contributed by atoms with Crippen molar-refractivity contribution in [3.05, 3.63) is 42.0 Å². The molecule has 0 aliphatic heterocycles. The predicted octanol–water partition coefficient (Wildman–Crippen LogP) is 3.92. The first-order valence-corrected chi connectivity index (χ1v) is 9.36. The highest BCUT2D eigenvalue weighted by Crippen LogP contribution is 2.30. The van der Waals surface area contributed by atoms with Gasteiger partial charge in [-0.3, -0.25) is 0 Å². The lowest BCUT2D eigenvalue weighted by atomic mass is 10.2. The van der Waals surface area contributed by atoms with Crippen LogP contribution in [0, 0.1) is 13.8 Å². The van der Waals surface area contributed by atoms with Crippen molar-refractivity contribution < 1.29 is 0 Å². The van der Waals surface area contributed by atoms with Crippen molar-refractivity contribution in [3.63, 3.8) is 0 Å². The summed E-state index contributed by atoms with van der Waals surface area (Å²) in [7, 11) is 0. The Morgan fingerprint density at radius 1 is 1.08 bits per heavy atom. The van der Waals surface area contributed by atoms with Crippen LogP contribution in [0.25, 0.3) is 11.0 Å². The van der Waals surface area contributed by atoms with Crippen LogP contribution < -0.4 is 5.32 Å². The van der Waals surface area contributed by atoms with E-state index >= 15 is 0 Å². The van der Waals surface area contributed by atoms with Crippen LogP contribution in [0.3, 0.4) is 0 Å². The fraction of sp³-hybridized carbons (Fsp3) is 0.450. The monoisotopic (exact) mass is 352 g/mol. The number of anilines is 2. The molecular weight excluding hydrogens is 324 g/mol. The number of nitrogens with one attached hydrogen (secondary N) is 1. The largest absolute Gasteiger partial charge is 0.329 e. The summed E-state index contributed by atoms with van der Waals surface area (Å²) in [6.07, 6.45) is 4.52. The Labute approximate surface area is 155 Å². The van der Waals surface area contributed by atoms with Gasteiger partial charge in [-0.05, 0) is 57.6 Å². The number of hydrogen-bond acceptors (Lipinski definition) is 5. The minimum absolute atomic E-state index is 0.791.